The van der Waals surface area contributed by atoms with E-state index in [0.29, 0.717) is 0 Å². The summed E-state index contributed by atoms with van der Waals surface area (Å²) in [7, 11) is 0. The topological polar surface area (TPSA) is 78.5 Å². The Balaban J connectivity index is 1.40. The molecule has 2 bridgehead atoms. The number of fused-ring (bicyclic) bond motifs is 1. The van der Waals surface area contributed by atoms with Crippen molar-refractivity contribution in [3.8, 4) is 0 Å². The number of nitrogens with zero attached hydrogens (tertiary/aromatic N) is 1. The molecule has 5 atom stereocenters. The fourth-order valence-corrected chi connectivity index (χ4v) is 5.21. The zero-order valence-corrected chi connectivity index (χ0v) is 14.7. The van der Waals surface area contributed by atoms with Gasteiger partial charge in [-0.2, -0.15) is 0 Å². The van der Waals surface area contributed by atoms with Gasteiger partial charge < -0.3 is 10.6 Å². The molecule has 0 radical (unpaired) electrons. The van der Waals surface area contributed by atoms with E-state index in [1.807, 2.05) is 0 Å². The summed E-state index contributed by atoms with van der Waals surface area (Å²) in [4.78, 5) is 39.3. The highest BCUT2D eigenvalue weighted by Gasteiger charge is 2.57. The maximum Gasteiger partial charge on any atom is 0.316 e. The van der Waals surface area contributed by atoms with E-state index in [2.05, 4.69) is 22.8 Å². The zero-order valence-electron chi connectivity index (χ0n) is 14.7. The molecule has 1 aliphatic heterocycles. The Bertz CT molecular complexity index is 579. The standard InChI is InChI=1S/C19H27N3O3/c1-11(20-19(25)21-14-5-3-2-4-6-14)22-17(23)15-12-7-8-13(10-9-12)16(15)18(22)24/h7-8,11-16H,2-6,9-10H2,1H3,(H2,20,21,25)/t11-,12+,13+,15+,16+/m1/s1. The predicted octanol–water partition coefficient (Wildman–Crippen LogP) is 2.16. The smallest absolute Gasteiger partial charge is 0.316 e. The van der Waals surface area contributed by atoms with Crippen molar-refractivity contribution in [3.63, 3.8) is 0 Å². The van der Waals surface area contributed by atoms with Crippen LogP contribution in [0.3, 0.4) is 0 Å². The van der Waals surface area contributed by atoms with Gasteiger partial charge in [-0.1, -0.05) is 31.4 Å². The van der Waals surface area contributed by atoms with Crippen LogP contribution in [0.25, 0.3) is 0 Å². The Morgan fingerprint density at radius 3 is 2.08 bits per heavy atom. The van der Waals surface area contributed by atoms with E-state index in [-0.39, 0.29) is 47.6 Å². The molecule has 6 nitrogen and oxygen atoms in total. The normalized spacial score (nSPS) is 35.6. The van der Waals surface area contributed by atoms with Crippen molar-refractivity contribution in [1.82, 2.24) is 15.5 Å². The second-order valence-electron chi connectivity index (χ2n) is 8.02. The van der Waals surface area contributed by atoms with Crippen LogP contribution >= 0.6 is 0 Å². The molecule has 0 unspecified atom stereocenters. The van der Waals surface area contributed by atoms with Crippen molar-refractivity contribution in [1.29, 1.82) is 0 Å². The second kappa shape index (κ2) is 6.46. The molecule has 6 heteroatoms. The van der Waals surface area contributed by atoms with E-state index in [4.69, 9.17) is 0 Å². The van der Waals surface area contributed by atoms with Crippen LogP contribution in [0, 0.1) is 23.7 Å². The van der Waals surface area contributed by atoms with E-state index >= 15 is 0 Å². The van der Waals surface area contributed by atoms with Gasteiger partial charge in [-0.3, -0.25) is 14.5 Å². The number of rotatable bonds is 3. The molecule has 2 N–H and O–H groups in total. The largest absolute Gasteiger partial charge is 0.335 e. The number of nitrogens with one attached hydrogen (secondary N) is 2. The van der Waals surface area contributed by atoms with Crippen molar-refractivity contribution in [2.24, 2.45) is 23.7 Å². The molecule has 0 aromatic rings. The van der Waals surface area contributed by atoms with Crippen LogP contribution in [0.5, 0.6) is 0 Å². The van der Waals surface area contributed by atoms with E-state index in [9.17, 15) is 14.4 Å². The Kier molecular flexibility index (Phi) is 4.29. The van der Waals surface area contributed by atoms with Crippen LogP contribution < -0.4 is 10.6 Å². The Labute approximate surface area is 148 Å². The lowest BCUT2D eigenvalue weighted by Crippen LogP contribution is -2.54. The minimum Gasteiger partial charge on any atom is -0.335 e. The second-order valence-corrected chi connectivity index (χ2v) is 8.02. The lowest BCUT2D eigenvalue weighted by molar-refractivity contribution is -0.142. The van der Waals surface area contributed by atoms with Crippen molar-refractivity contribution < 1.29 is 14.4 Å². The summed E-state index contributed by atoms with van der Waals surface area (Å²) in [6, 6.07) is -0.0791. The number of hydrogen-bond donors (Lipinski definition) is 2. The van der Waals surface area contributed by atoms with Gasteiger partial charge in [0.25, 0.3) is 0 Å². The van der Waals surface area contributed by atoms with Gasteiger partial charge in [-0.05, 0) is 44.4 Å². The lowest BCUT2D eigenvalue weighted by atomic mass is 9.63. The highest BCUT2D eigenvalue weighted by atomic mass is 16.2. The summed E-state index contributed by atoms with van der Waals surface area (Å²) in [6.07, 6.45) is 11.1. The minimum absolute atomic E-state index is 0.112. The van der Waals surface area contributed by atoms with Crippen molar-refractivity contribution >= 4 is 17.8 Å². The van der Waals surface area contributed by atoms with Crippen molar-refractivity contribution in [2.45, 2.75) is 64.1 Å². The molecule has 136 valence electrons. The van der Waals surface area contributed by atoms with Crippen molar-refractivity contribution in [2.75, 3.05) is 0 Å². The molecule has 1 saturated heterocycles. The Morgan fingerprint density at radius 1 is 1.00 bits per heavy atom. The van der Waals surface area contributed by atoms with E-state index in [0.717, 1.165) is 38.5 Å². The predicted molar refractivity (Wildman–Crippen MR) is 92.2 cm³/mol. The first-order valence-electron chi connectivity index (χ1n) is 9.68. The minimum atomic E-state index is -0.603. The molecule has 3 fully saturated rings. The number of imide groups is 1. The molecule has 5 aliphatic rings. The Morgan fingerprint density at radius 2 is 1.56 bits per heavy atom. The van der Waals surface area contributed by atoms with Gasteiger partial charge in [0.1, 0.15) is 6.17 Å². The number of likely N-dealkylation sites (tertiary alicyclic amines) is 1. The third kappa shape index (κ3) is 2.85. The molecular formula is C19H27N3O3. The quantitative estimate of drug-likeness (QED) is 0.608. The van der Waals surface area contributed by atoms with Crippen LogP contribution in [0.1, 0.15) is 51.9 Å². The fraction of sp³-hybridized carbons (Fsp3) is 0.737. The molecule has 4 aliphatic carbocycles. The number of carbonyl (C=O) groups excluding carboxylic acids is 3. The fourth-order valence-electron chi connectivity index (χ4n) is 5.21. The molecule has 5 rings (SSSR count). The van der Waals surface area contributed by atoms with Gasteiger partial charge in [0, 0.05) is 6.04 Å². The monoisotopic (exact) mass is 345 g/mol. The van der Waals surface area contributed by atoms with Crippen LogP contribution in [0.15, 0.2) is 12.2 Å². The van der Waals surface area contributed by atoms with E-state index < -0.39 is 6.17 Å². The zero-order chi connectivity index (χ0) is 17.6. The number of allylic oxidation sites excluding steroid dienone is 2. The summed E-state index contributed by atoms with van der Waals surface area (Å²) in [6.45, 7) is 1.73. The molecule has 0 aromatic carbocycles. The number of hydrogen-bond acceptors (Lipinski definition) is 3. The third-order valence-electron chi connectivity index (χ3n) is 6.46. The van der Waals surface area contributed by atoms with Gasteiger partial charge in [0.15, 0.2) is 0 Å². The average molecular weight is 345 g/mol. The first-order valence-corrected chi connectivity index (χ1v) is 9.68. The molecule has 2 saturated carbocycles. The molecular weight excluding hydrogens is 318 g/mol. The maximum absolute atomic E-state index is 12.9. The van der Waals surface area contributed by atoms with Gasteiger partial charge >= 0.3 is 6.03 Å². The molecule has 0 spiro atoms. The first-order chi connectivity index (χ1) is 12.1. The average Bonchev–Trinajstić information content (AvgIpc) is 2.90. The van der Waals surface area contributed by atoms with Gasteiger partial charge in [0.2, 0.25) is 11.8 Å². The molecule has 0 aromatic heterocycles. The summed E-state index contributed by atoms with van der Waals surface area (Å²) in [5.74, 6) is -0.303. The van der Waals surface area contributed by atoms with Crippen LogP contribution in [0.2, 0.25) is 0 Å². The van der Waals surface area contributed by atoms with Crippen LogP contribution in [0.4, 0.5) is 4.79 Å². The summed E-state index contributed by atoms with van der Waals surface area (Å²) in [5.41, 5.74) is 0. The van der Waals surface area contributed by atoms with Crippen molar-refractivity contribution in [3.05, 3.63) is 12.2 Å². The number of carbonyl (C=O) groups is 3. The van der Waals surface area contributed by atoms with Gasteiger partial charge in [-0.15, -0.1) is 0 Å². The lowest BCUT2D eigenvalue weighted by Gasteiger charge is -2.38. The first kappa shape index (κ1) is 16.6. The number of amides is 4. The summed E-state index contributed by atoms with van der Waals surface area (Å²) >= 11 is 0. The highest BCUT2D eigenvalue weighted by molar-refractivity contribution is 6.06. The summed E-state index contributed by atoms with van der Waals surface area (Å²) < 4.78 is 0. The van der Waals surface area contributed by atoms with E-state index in [1.165, 1.54) is 11.3 Å². The maximum atomic E-state index is 12.9. The molecule has 4 amide bonds. The van der Waals surface area contributed by atoms with Gasteiger partial charge in [0.05, 0.1) is 11.8 Å². The molecule has 1 heterocycles. The SMILES string of the molecule is C[C@H](NC(=O)NC1CCCCC1)N1C(=O)[C@@H]2[C@@H](C1=O)[C@H]1C=C[C@H]2CC1. The van der Waals surface area contributed by atoms with E-state index in [1.54, 1.807) is 6.92 Å². The van der Waals surface area contributed by atoms with Crippen LogP contribution in [-0.4, -0.2) is 35.0 Å². The summed E-state index contributed by atoms with van der Waals surface area (Å²) in [5, 5.41) is 5.79. The van der Waals surface area contributed by atoms with Crippen LogP contribution in [-0.2, 0) is 9.59 Å². The highest BCUT2D eigenvalue weighted by Crippen LogP contribution is 2.49. The molecule has 25 heavy (non-hydrogen) atoms. The third-order valence-corrected chi connectivity index (χ3v) is 6.46. The van der Waals surface area contributed by atoms with Gasteiger partial charge in [-0.25, -0.2) is 4.79 Å². The number of urea groups is 1. The Hall–Kier alpha value is -1.85.